The number of hydrogen-bond acceptors (Lipinski definition) is 6. The quantitative estimate of drug-likeness (QED) is 0.313. The molecule has 1 aliphatic heterocycles. The highest BCUT2D eigenvalue weighted by Gasteiger charge is 2.26. The fourth-order valence-electron chi connectivity index (χ4n) is 2.50. The third kappa shape index (κ3) is 4.37. The minimum Gasteiger partial charge on any atom is -0.459 e. The van der Waals surface area contributed by atoms with Crippen molar-refractivity contribution in [3.8, 4) is 11.3 Å². The molecule has 0 aliphatic carbocycles. The summed E-state index contributed by atoms with van der Waals surface area (Å²) in [5, 5.41) is 4.66. The van der Waals surface area contributed by atoms with Crippen LogP contribution in [0.5, 0.6) is 0 Å². The zero-order valence-corrected chi connectivity index (χ0v) is 17.3. The van der Waals surface area contributed by atoms with E-state index < -0.39 is 17.8 Å². The topological polar surface area (TPSA) is 97.6 Å². The number of esters is 1. The van der Waals surface area contributed by atoms with Crippen LogP contribution in [0.3, 0.4) is 0 Å². The predicted molar refractivity (Wildman–Crippen MR) is 109 cm³/mol. The van der Waals surface area contributed by atoms with E-state index in [0.717, 1.165) is 0 Å². The molecule has 0 saturated carbocycles. The lowest BCUT2D eigenvalue weighted by Crippen LogP contribution is -2.51. The maximum atomic E-state index is 12.4. The largest absolute Gasteiger partial charge is 0.459 e. The first-order valence-electron chi connectivity index (χ1n) is 8.23. The van der Waals surface area contributed by atoms with E-state index >= 15 is 0 Å². The number of nitrogens with one attached hydrogen (secondary N) is 2. The summed E-state index contributed by atoms with van der Waals surface area (Å²) in [6.07, 6.45) is 1.03. The summed E-state index contributed by atoms with van der Waals surface area (Å²) in [7, 11) is 0. The highest BCUT2D eigenvalue weighted by molar-refractivity contribution is 9.10. The van der Waals surface area contributed by atoms with Crippen LogP contribution in [0.4, 0.5) is 0 Å². The van der Waals surface area contributed by atoms with Gasteiger partial charge in [0.05, 0.1) is 11.7 Å². The molecule has 2 aromatic rings. The van der Waals surface area contributed by atoms with Crippen LogP contribution in [0.15, 0.2) is 44.8 Å². The minimum atomic E-state index is -0.614. The number of ether oxygens (including phenoxy) is 1. The Labute approximate surface area is 174 Å². The monoisotopic (exact) mass is 462 g/mol. The molecule has 0 radical (unpaired) electrons. The molecular weight excluding hydrogens is 448 g/mol. The second-order valence-electron chi connectivity index (χ2n) is 6.14. The van der Waals surface area contributed by atoms with Gasteiger partial charge in [-0.3, -0.25) is 20.2 Å². The third-order valence-electron chi connectivity index (χ3n) is 3.67. The zero-order chi connectivity index (χ0) is 20.4. The van der Waals surface area contributed by atoms with Gasteiger partial charge in [-0.15, -0.1) is 0 Å². The normalized spacial score (nSPS) is 14.0. The molecule has 1 aromatic heterocycles. The van der Waals surface area contributed by atoms with Gasteiger partial charge in [-0.1, -0.05) is 15.9 Å². The molecule has 2 amide bonds. The maximum absolute atomic E-state index is 12.4. The number of hydrogen-bond donors (Lipinski definition) is 2. The molecule has 1 fully saturated rings. The van der Waals surface area contributed by atoms with Crippen molar-refractivity contribution in [2.45, 2.75) is 20.0 Å². The molecule has 1 aliphatic rings. The molecule has 28 heavy (non-hydrogen) atoms. The number of carbonyl (C=O) groups is 3. The van der Waals surface area contributed by atoms with Gasteiger partial charge < -0.3 is 9.15 Å². The van der Waals surface area contributed by atoms with Gasteiger partial charge in [-0.25, -0.2) is 4.79 Å². The van der Waals surface area contributed by atoms with E-state index in [1.807, 2.05) is 0 Å². The Balaban J connectivity index is 1.96. The van der Waals surface area contributed by atoms with Gasteiger partial charge in [0.1, 0.15) is 17.1 Å². The smallest absolute Gasteiger partial charge is 0.339 e. The van der Waals surface area contributed by atoms with Gasteiger partial charge in [-0.2, -0.15) is 0 Å². The number of rotatable bonds is 4. The van der Waals surface area contributed by atoms with Gasteiger partial charge in [-0.05, 0) is 62.5 Å². The standard InChI is InChI=1S/C19H15BrN2O5S/c1-9(2)26-18(25)13-7-10(20)3-5-12(13)15-6-4-11(27-15)8-14-16(23)21-19(28)22-17(14)24/h3-9H,1-2H3,(H2,21,22,23,24,28). The van der Waals surface area contributed by atoms with Crippen molar-refractivity contribution in [2.75, 3.05) is 0 Å². The molecule has 2 N–H and O–H groups in total. The van der Waals surface area contributed by atoms with Gasteiger partial charge in [0.25, 0.3) is 11.8 Å². The van der Waals surface area contributed by atoms with E-state index in [0.29, 0.717) is 21.4 Å². The number of benzene rings is 1. The summed E-state index contributed by atoms with van der Waals surface area (Å²) < 4.78 is 11.7. The highest BCUT2D eigenvalue weighted by atomic mass is 79.9. The average Bonchev–Trinajstić information content (AvgIpc) is 3.06. The van der Waals surface area contributed by atoms with Gasteiger partial charge in [0.15, 0.2) is 5.11 Å². The fourth-order valence-corrected chi connectivity index (χ4v) is 3.05. The zero-order valence-electron chi connectivity index (χ0n) is 14.9. The predicted octanol–water partition coefficient (Wildman–Crippen LogP) is 3.19. The molecule has 1 saturated heterocycles. The second-order valence-corrected chi connectivity index (χ2v) is 7.47. The average molecular weight is 463 g/mol. The van der Waals surface area contributed by atoms with Crippen molar-refractivity contribution in [3.05, 3.63) is 51.7 Å². The summed E-state index contributed by atoms with van der Waals surface area (Å²) in [6, 6.07) is 8.37. The van der Waals surface area contributed by atoms with Crippen LogP contribution in [-0.2, 0) is 14.3 Å². The first-order chi connectivity index (χ1) is 13.2. The van der Waals surface area contributed by atoms with Crippen LogP contribution in [0, 0.1) is 0 Å². The first kappa shape index (κ1) is 20.0. The van der Waals surface area contributed by atoms with Crippen molar-refractivity contribution >= 4 is 57.1 Å². The summed E-state index contributed by atoms with van der Waals surface area (Å²) in [5.41, 5.74) is 0.720. The van der Waals surface area contributed by atoms with Crippen LogP contribution in [0.25, 0.3) is 17.4 Å². The van der Waals surface area contributed by atoms with Crippen LogP contribution in [-0.4, -0.2) is 29.0 Å². The van der Waals surface area contributed by atoms with Crippen molar-refractivity contribution in [2.24, 2.45) is 0 Å². The number of furan rings is 1. The number of amides is 2. The van der Waals surface area contributed by atoms with Gasteiger partial charge in [0, 0.05) is 10.0 Å². The fraction of sp³-hybridized carbons (Fsp3) is 0.158. The van der Waals surface area contributed by atoms with E-state index in [2.05, 4.69) is 26.6 Å². The summed E-state index contributed by atoms with van der Waals surface area (Å²) in [4.78, 5) is 36.3. The molecule has 144 valence electrons. The molecule has 0 bridgehead atoms. The van der Waals surface area contributed by atoms with E-state index in [4.69, 9.17) is 21.4 Å². The lowest BCUT2D eigenvalue weighted by atomic mass is 10.1. The Kier molecular flexibility index (Phi) is 5.76. The Morgan fingerprint density at radius 3 is 2.50 bits per heavy atom. The highest BCUT2D eigenvalue weighted by Crippen LogP contribution is 2.30. The van der Waals surface area contributed by atoms with Crippen LogP contribution >= 0.6 is 28.1 Å². The van der Waals surface area contributed by atoms with Gasteiger partial charge in [0.2, 0.25) is 0 Å². The second kappa shape index (κ2) is 8.07. The SMILES string of the molecule is CC(C)OC(=O)c1cc(Br)ccc1-c1ccc(C=C2C(=O)NC(=S)NC2=O)o1. The van der Waals surface area contributed by atoms with Gasteiger partial charge >= 0.3 is 5.97 Å². The maximum Gasteiger partial charge on any atom is 0.339 e. The van der Waals surface area contributed by atoms with E-state index in [1.165, 1.54) is 6.08 Å². The first-order valence-corrected chi connectivity index (χ1v) is 9.44. The van der Waals surface area contributed by atoms with E-state index in [-0.39, 0.29) is 22.5 Å². The van der Waals surface area contributed by atoms with Crippen molar-refractivity contribution in [1.29, 1.82) is 0 Å². The minimum absolute atomic E-state index is 0.0459. The van der Waals surface area contributed by atoms with Crippen molar-refractivity contribution in [3.63, 3.8) is 0 Å². The van der Waals surface area contributed by atoms with Crippen LogP contribution < -0.4 is 10.6 Å². The molecule has 9 heteroatoms. The molecule has 0 unspecified atom stereocenters. The summed E-state index contributed by atoms with van der Waals surface area (Å²) in [5.74, 6) is -1.05. The Hall–Kier alpha value is -2.78. The van der Waals surface area contributed by atoms with Crippen LogP contribution in [0.2, 0.25) is 0 Å². The van der Waals surface area contributed by atoms with E-state index in [9.17, 15) is 14.4 Å². The number of carbonyl (C=O) groups excluding carboxylic acids is 3. The molecule has 0 atom stereocenters. The molecule has 1 aromatic carbocycles. The van der Waals surface area contributed by atoms with E-state index in [1.54, 1.807) is 44.2 Å². The third-order valence-corrected chi connectivity index (χ3v) is 4.36. The Morgan fingerprint density at radius 2 is 1.86 bits per heavy atom. The summed E-state index contributed by atoms with van der Waals surface area (Å²) in [6.45, 7) is 3.53. The molecule has 3 rings (SSSR count). The Bertz CT molecular complexity index is 1000. The molecule has 2 heterocycles. The molecule has 0 spiro atoms. The molecular formula is C19H15BrN2O5S. The van der Waals surface area contributed by atoms with Crippen molar-refractivity contribution in [1.82, 2.24) is 10.6 Å². The van der Waals surface area contributed by atoms with Crippen LogP contribution in [0.1, 0.15) is 30.0 Å². The lowest BCUT2D eigenvalue weighted by molar-refractivity contribution is -0.123. The van der Waals surface area contributed by atoms with Crippen molar-refractivity contribution < 1.29 is 23.5 Å². The lowest BCUT2D eigenvalue weighted by Gasteiger charge is -2.15. The molecule has 7 nitrogen and oxygen atoms in total. The summed E-state index contributed by atoms with van der Waals surface area (Å²) >= 11 is 8.11. The number of halogens is 1. The number of thiocarbonyl (C=S) groups is 1. The Morgan fingerprint density at radius 1 is 1.18 bits per heavy atom.